The van der Waals surface area contributed by atoms with Gasteiger partial charge in [0.1, 0.15) is 17.9 Å². The molecule has 29 heavy (non-hydrogen) atoms. The first kappa shape index (κ1) is 18.8. The fourth-order valence-corrected chi connectivity index (χ4v) is 3.09. The summed E-state index contributed by atoms with van der Waals surface area (Å²) in [5.74, 6) is -0.641. The topological polar surface area (TPSA) is 90.2 Å². The number of nitrogens with one attached hydrogen (secondary N) is 1. The summed E-state index contributed by atoms with van der Waals surface area (Å²) >= 11 is 3.16. The predicted molar refractivity (Wildman–Crippen MR) is 110 cm³/mol. The van der Waals surface area contributed by atoms with E-state index in [2.05, 4.69) is 31.2 Å². The van der Waals surface area contributed by atoms with Gasteiger partial charge in [0.2, 0.25) is 5.82 Å². The van der Waals surface area contributed by atoms with Crippen LogP contribution in [-0.4, -0.2) is 14.9 Å². The molecule has 0 aliphatic rings. The highest BCUT2D eigenvalue weighted by Crippen LogP contribution is 2.36. The molecule has 0 aliphatic heterocycles. The van der Waals surface area contributed by atoms with Crippen molar-refractivity contribution in [1.82, 2.24) is 9.97 Å². The summed E-state index contributed by atoms with van der Waals surface area (Å²) in [6, 6.07) is 17.2. The van der Waals surface area contributed by atoms with E-state index in [1.165, 1.54) is 12.1 Å². The second kappa shape index (κ2) is 7.80. The SMILES string of the molecule is O=[N+]([O-])c1c(Nc2ccc(Br)cc2F)ncnc1Oc1ccc2ccccc2c1. The van der Waals surface area contributed by atoms with Crippen molar-refractivity contribution in [2.45, 2.75) is 0 Å². The molecule has 0 fully saturated rings. The van der Waals surface area contributed by atoms with Gasteiger partial charge in [-0.25, -0.2) is 9.37 Å². The lowest BCUT2D eigenvalue weighted by molar-refractivity contribution is -0.385. The van der Waals surface area contributed by atoms with E-state index in [0.717, 1.165) is 17.1 Å². The molecule has 1 N–H and O–H groups in total. The van der Waals surface area contributed by atoms with Crippen molar-refractivity contribution < 1.29 is 14.1 Å². The largest absolute Gasteiger partial charge is 0.434 e. The number of hydrogen-bond acceptors (Lipinski definition) is 6. The van der Waals surface area contributed by atoms with Crippen LogP contribution in [0.4, 0.5) is 21.6 Å². The lowest BCUT2D eigenvalue weighted by Gasteiger charge is -2.10. The third kappa shape index (κ3) is 3.99. The molecular formula is C20H12BrFN4O3. The van der Waals surface area contributed by atoms with Crippen molar-refractivity contribution in [3.05, 3.63) is 87.4 Å². The Bertz CT molecular complexity index is 1240. The molecule has 1 heterocycles. The lowest BCUT2D eigenvalue weighted by atomic mass is 10.1. The molecule has 4 rings (SSSR count). The van der Waals surface area contributed by atoms with Gasteiger partial charge < -0.3 is 10.1 Å². The Morgan fingerprint density at radius 3 is 2.59 bits per heavy atom. The van der Waals surface area contributed by atoms with Crippen LogP contribution >= 0.6 is 15.9 Å². The summed E-state index contributed by atoms with van der Waals surface area (Å²) in [6.07, 6.45) is 1.11. The van der Waals surface area contributed by atoms with E-state index in [4.69, 9.17) is 4.74 Å². The molecule has 0 amide bonds. The minimum absolute atomic E-state index is 0.0339. The zero-order valence-corrected chi connectivity index (χ0v) is 16.3. The maximum atomic E-state index is 14.1. The number of nitrogens with zero attached hydrogens (tertiary/aromatic N) is 3. The number of ether oxygens (including phenoxy) is 1. The average molecular weight is 455 g/mol. The zero-order valence-electron chi connectivity index (χ0n) is 14.7. The summed E-state index contributed by atoms with van der Waals surface area (Å²) in [4.78, 5) is 18.8. The third-order valence-electron chi connectivity index (χ3n) is 4.09. The van der Waals surface area contributed by atoms with Crippen molar-refractivity contribution in [3.63, 3.8) is 0 Å². The van der Waals surface area contributed by atoms with E-state index in [1.807, 2.05) is 30.3 Å². The number of nitro groups is 1. The van der Waals surface area contributed by atoms with Crippen LogP contribution in [0.25, 0.3) is 10.8 Å². The van der Waals surface area contributed by atoms with Crippen LogP contribution in [0.1, 0.15) is 0 Å². The van der Waals surface area contributed by atoms with Gasteiger partial charge in [-0.05, 0) is 41.1 Å². The Morgan fingerprint density at radius 2 is 1.83 bits per heavy atom. The molecule has 0 unspecified atom stereocenters. The van der Waals surface area contributed by atoms with Crippen molar-refractivity contribution in [1.29, 1.82) is 0 Å². The standard InChI is InChI=1S/C20H12BrFN4O3/c21-14-6-8-17(16(22)10-14)25-19-18(26(27)28)20(24-11-23-19)29-15-7-5-12-3-1-2-4-13(12)9-15/h1-11H,(H,23,24,25). The number of aromatic nitrogens is 2. The monoisotopic (exact) mass is 454 g/mol. The molecular weight excluding hydrogens is 443 g/mol. The summed E-state index contributed by atoms with van der Waals surface area (Å²) in [7, 11) is 0. The van der Waals surface area contributed by atoms with Gasteiger partial charge in [-0.15, -0.1) is 0 Å². The second-order valence-electron chi connectivity index (χ2n) is 5.99. The molecule has 0 aliphatic carbocycles. The minimum Gasteiger partial charge on any atom is -0.434 e. The second-order valence-corrected chi connectivity index (χ2v) is 6.91. The first-order valence-corrected chi connectivity index (χ1v) is 9.18. The number of hydrogen-bond donors (Lipinski definition) is 1. The van der Waals surface area contributed by atoms with Crippen LogP contribution in [0.5, 0.6) is 11.6 Å². The molecule has 9 heteroatoms. The molecule has 1 aromatic heterocycles. The van der Waals surface area contributed by atoms with Gasteiger partial charge in [-0.2, -0.15) is 4.98 Å². The molecule has 7 nitrogen and oxygen atoms in total. The van der Waals surface area contributed by atoms with Crippen molar-refractivity contribution >= 4 is 43.9 Å². The number of fused-ring (bicyclic) bond motifs is 1. The molecule has 4 aromatic rings. The summed E-state index contributed by atoms with van der Waals surface area (Å²) < 4.78 is 20.3. The van der Waals surface area contributed by atoms with Crippen LogP contribution < -0.4 is 10.1 Å². The maximum absolute atomic E-state index is 14.1. The molecule has 0 bridgehead atoms. The van der Waals surface area contributed by atoms with Gasteiger partial charge >= 0.3 is 11.6 Å². The van der Waals surface area contributed by atoms with Crippen molar-refractivity contribution in [2.24, 2.45) is 0 Å². The summed E-state index contributed by atoms with van der Waals surface area (Å²) in [5, 5.41) is 16.2. The van der Waals surface area contributed by atoms with Crippen LogP contribution in [0.2, 0.25) is 0 Å². The molecule has 0 atom stereocenters. The van der Waals surface area contributed by atoms with Gasteiger partial charge in [0.15, 0.2) is 0 Å². The van der Waals surface area contributed by atoms with Crippen molar-refractivity contribution in [2.75, 3.05) is 5.32 Å². The molecule has 144 valence electrons. The Morgan fingerprint density at radius 1 is 1.03 bits per heavy atom. The number of anilines is 2. The highest BCUT2D eigenvalue weighted by molar-refractivity contribution is 9.10. The first-order valence-electron chi connectivity index (χ1n) is 8.39. The van der Waals surface area contributed by atoms with E-state index in [-0.39, 0.29) is 17.4 Å². The number of halogens is 2. The summed E-state index contributed by atoms with van der Waals surface area (Å²) in [5.41, 5.74) is -0.463. The Labute approximate surface area is 172 Å². The van der Waals surface area contributed by atoms with Crippen LogP contribution in [0, 0.1) is 15.9 Å². The van der Waals surface area contributed by atoms with E-state index >= 15 is 0 Å². The van der Waals surface area contributed by atoms with Gasteiger partial charge in [0.05, 0.1) is 10.6 Å². The zero-order chi connectivity index (χ0) is 20.4. The van der Waals surface area contributed by atoms with Gasteiger partial charge in [-0.1, -0.05) is 46.3 Å². The first-order chi connectivity index (χ1) is 14.0. The fraction of sp³-hybridized carbons (Fsp3) is 0. The molecule has 0 spiro atoms. The maximum Gasteiger partial charge on any atom is 0.373 e. The Balaban J connectivity index is 1.71. The normalized spacial score (nSPS) is 10.7. The molecule has 3 aromatic carbocycles. The minimum atomic E-state index is -0.671. The smallest absolute Gasteiger partial charge is 0.373 e. The summed E-state index contributed by atoms with van der Waals surface area (Å²) in [6.45, 7) is 0. The average Bonchev–Trinajstić information content (AvgIpc) is 2.70. The Kier molecular flexibility index (Phi) is 5.05. The van der Waals surface area contributed by atoms with E-state index in [1.54, 1.807) is 18.2 Å². The highest BCUT2D eigenvalue weighted by atomic mass is 79.9. The highest BCUT2D eigenvalue weighted by Gasteiger charge is 2.26. The lowest BCUT2D eigenvalue weighted by Crippen LogP contribution is -2.04. The molecule has 0 saturated carbocycles. The van der Waals surface area contributed by atoms with E-state index in [9.17, 15) is 14.5 Å². The van der Waals surface area contributed by atoms with Gasteiger partial charge in [0.25, 0.3) is 0 Å². The Hall–Kier alpha value is -3.59. The van der Waals surface area contributed by atoms with E-state index in [0.29, 0.717) is 10.2 Å². The number of benzene rings is 3. The fourth-order valence-electron chi connectivity index (χ4n) is 2.75. The quantitative estimate of drug-likeness (QED) is 0.294. The van der Waals surface area contributed by atoms with Crippen LogP contribution in [0.15, 0.2) is 71.5 Å². The van der Waals surface area contributed by atoms with Crippen LogP contribution in [-0.2, 0) is 0 Å². The van der Waals surface area contributed by atoms with Crippen molar-refractivity contribution in [3.8, 4) is 11.6 Å². The third-order valence-corrected chi connectivity index (χ3v) is 4.58. The predicted octanol–water partition coefficient (Wildman–Crippen LogP) is 5.98. The van der Waals surface area contributed by atoms with Gasteiger partial charge in [-0.3, -0.25) is 10.1 Å². The molecule has 0 saturated heterocycles. The van der Waals surface area contributed by atoms with E-state index < -0.39 is 16.4 Å². The van der Waals surface area contributed by atoms with Gasteiger partial charge in [0, 0.05) is 4.47 Å². The van der Waals surface area contributed by atoms with Crippen LogP contribution in [0.3, 0.4) is 0 Å². The molecule has 0 radical (unpaired) electrons. The number of rotatable bonds is 5.